The molecule has 0 bridgehead atoms. The average molecular weight is 265 g/mol. The van der Waals surface area contributed by atoms with E-state index in [-0.39, 0.29) is 12.5 Å². The zero-order chi connectivity index (χ0) is 14.1. The Morgan fingerprint density at radius 3 is 2.63 bits per heavy atom. The lowest BCUT2D eigenvalue weighted by Gasteiger charge is -2.22. The van der Waals surface area contributed by atoms with Crippen LogP contribution in [0.25, 0.3) is 0 Å². The van der Waals surface area contributed by atoms with Crippen LogP contribution in [-0.2, 0) is 0 Å². The first-order valence-electron chi connectivity index (χ1n) is 6.83. The molecule has 1 amide bonds. The molecule has 0 radical (unpaired) electrons. The van der Waals surface area contributed by atoms with Crippen molar-refractivity contribution in [3.8, 4) is 0 Å². The molecule has 2 N–H and O–H groups in total. The number of carbonyl (C=O) groups is 1. The lowest BCUT2D eigenvalue weighted by molar-refractivity contribution is 0.0953. The van der Waals surface area contributed by atoms with E-state index in [4.69, 9.17) is 5.11 Å². The van der Waals surface area contributed by atoms with Crippen LogP contribution in [0, 0.1) is 0 Å². The smallest absolute Gasteiger partial charge is 0.252 e. The Balaban J connectivity index is 2.70. The van der Waals surface area contributed by atoms with Gasteiger partial charge in [0.2, 0.25) is 0 Å². The summed E-state index contributed by atoms with van der Waals surface area (Å²) in [7, 11) is 0. The predicted molar refractivity (Wildman–Crippen MR) is 76.5 cm³/mol. The van der Waals surface area contributed by atoms with Gasteiger partial charge in [0.1, 0.15) is 5.82 Å². The summed E-state index contributed by atoms with van der Waals surface area (Å²) in [4.78, 5) is 18.0. The number of rotatable bonds is 8. The molecule has 19 heavy (non-hydrogen) atoms. The van der Waals surface area contributed by atoms with Gasteiger partial charge in [-0.2, -0.15) is 0 Å². The molecule has 0 unspecified atom stereocenters. The Kier molecular flexibility index (Phi) is 6.89. The fourth-order valence-corrected chi connectivity index (χ4v) is 1.78. The van der Waals surface area contributed by atoms with Gasteiger partial charge in [-0.25, -0.2) is 4.98 Å². The molecule has 0 aliphatic heterocycles. The topological polar surface area (TPSA) is 65.5 Å². The van der Waals surface area contributed by atoms with Crippen molar-refractivity contribution in [1.29, 1.82) is 0 Å². The van der Waals surface area contributed by atoms with Crippen LogP contribution < -0.4 is 10.2 Å². The fourth-order valence-electron chi connectivity index (χ4n) is 1.78. The molecule has 1 heterocycles. The molecule has 1 aromatic heterocycles. The molecule has 1 rings (SSSR count). The highest BCUT2D eigenvalue weighted by Gasteiger charge is 2.09. The van der Waals surface area contributed by atoms with Crippen molar-refractivity contribution in [1.82, 2.24) is 10.3 Å². The minimum Gasteiger partial charge on any atom is -0.395 e. The van der Waals surface area contributed by atoms with Gasteiger partial charge in [0.25, 0.3) is 5.91 Å². The molecule has 0 aliphatic carbocycles. The van der Waals surface area contributed by atoms with Crippen LogP contribution >= 0.6 is 0 Å². The number of aliphatic hydroxyl groups is 1. The van der Waals surface area contributed by atoms with Gasteiger partial charge in [0, 0.05) is 25.8 Å². The number of pyridine rings is 1. The van der Waals surface area contributed by atoms with Gasteiger partial charge in [-0.05, 0) is 25.0 Å². The second-order valence-electron chi connectivity index (χ2n) is 4.37. The van der Waals surface area contributed by atoms with E-state index in [0.717, 1.165) is 25.2 Å². The second kappa shape index (κ2) is 8.48. The normalized spacial score (nSPS) is 10.3. The molecule has 106 valence electrons. The summed E-state index contributed by atoms with van der Waals surface area (Å²) < 4.78 is 0. The third kappa shape index (κ3) is 4.87. The molecule has 0 atom stereocenters. The van der Waals surface area contributed by atoms with E-state index >= 15 is 0 Å². The molecule has 5 nitrogen and oxygen atoms in total. The minimum absolute atomic E-state index is 0.0925. The fraction of sp³-hybridized carbons (Fsp3) is 0.571. The Labute approximate surface area is 114 Å². The van der Waals surface area contributed by atoms with E-state index in [1.165, 1.54) is 0 Å². The van der Waals surface area contributed by atoms with E-state index in [2.05, 4.69) is 17.2 Å². The van der Waals surface area contributed by atoms with E-state index in [1.54, 1.807) is 12.3 Å². The van der Waals surface area contributed by atoms with Gasteiger partial charge in [-0.3, -0.25) is 4.79 Å². The van der Waals surface area contributed by atoms with Crippen molar-refractivity contribution >= 4 is 11.7 Å². The van der Waals surface area contributed by atoms with Crippen molar-refractivity contribution in [2.24, 2.45) is 0 Å². The Bertz CT molecular complexity index is 373. The van der Waals surface area contributed by atoms with Crippen molar-refractivity contribution in [3.05, 3.63) is 23.9 Å². The van der Waals surface area contributed by atoms with Crippen LogP contribution in [0.5, 0.6) is 0 Å². The average Bonchev–Trinajstić information content (AvgIpc) is 2.44. The first kappa shape index (κ1) is 15.4. The molecule has 0 fully saturated rings. The molecule has 1 aromatic rings. The van der Waals surface area contributed by atoms with E-state index < -0.39 is 0 Å². The van der Waals surface area contributed by atoms with Gasteiger partial charge < -0.3 is 15.3 Å². The van der Waals surface area contributed by atoms with E-state index in [1.807, 2.05) is 17.9 Å². The summed E-state index contributed by atoms with van der Waals surface area (Å²) in [5.74, 6) is 0.702. The van der Waals surface area contributed by atoms with Crippen LogP contribution in [0.15, 0.2) is 18.3 Å². The van der Waals surface area contributed by atoms with Crippen LogP contribution in [-0.4, -0.2) is 42.2 Å². The Morgan fingerprint density at radius 2 is 2.11 bits per heavy atom. The van der Waals surface area contributed by atoms with Gasteiger partial charge in [0.05, 0.1) is 12.2 Å². The number of hydrogen-bond donors (Lipinski definition) is 2. The number of hydrogen-bond acceptors (Lipinski definition) is 4. The number of anilines is 1. The standard InChI is InChI=1S/C14H23N3O2/c1-3-7-15-14(19)12-5-6-13(16-11-12)17(8-4-2)9-10-18/h5-6,11,18H,3-4,7-10H2,1-2H3,(H,15,19). The summed E-state index contributed by atoms with van der Waals surface area (Å²) in [5.41, 5.74) is 0.567. The second-order valence-corrected chi connectivity index (χ2v) is 4.37. The van der Waals surface area contributed by atoms with Crippen molar-refractivity contribution in [2.75, 3.05) is 31.1 Å². The number of carbonyl (C=O) groups excluding carboxylic acids is 1. The third-order valence-electron chi connectivity index (χ3n) is 2.73. The molecule has 0 saturated carbocycles. The number of nitrogens with one attached hydrogen (secondary N) is 1. The quantitative estimate of drug-likeness (QED) is 0.746. The molecule has 0 spiro atoms. The van der Waals surface area contributed by atoms with Gasteiger partial charge in [-0.1, -0.05) is 13.8 Å². The summed E-state index contributed by atoms with van der Waals surface area (Å²) in [6, 6.07) is 3.60. The van der Waals surface area contributed by atoms with Crippen LogP contribution in [0.3, 0.4) is 0 Å². The number of amides is 1. The van der Waals surface area contributed by atoms with Gasteiger partial charge in [-0.15, -0.1) is 0 Å². The summed E-state index contributed by atoms with van der Waals surface area (Å²) in [6.45, 7) is 6.26. The SMILES string of the molecule is CCCNC(=O)c1ccc(N(CCC)CCO)nc1. The van der Waals surface area contributed by atoms with Crippen LogP contribution in [0.4, 0.5) is 5.82 Å². The minimum atomic E-state index is -0.0925. The highest BCUT2D eigenvalue weighted by Crippen LogP contribution is 2.11. The van der Waals surface area contributed by atoms with E-state index in [0.29, 0.717) is 18.7 Å². The maximum atomic E-state index is 11.7. The van der Waals surface area contributed by atoms with Crippen molar-refractivity contribution in [3.63, 3.8) is 0 Å². The van der Waals surface area contributed by atoms with Crippen LogP contribution in [0.1, 0.15) is 37.0 Å². The molecular formula is C14H23N3O2. The maximum absolute atomic E-state index is 11.7. The molecule has 0 aromatic carbocycles. The Hall–Kier alpha value is -1.62. The zero-order valence-corrected chi connectivity index (χ0v) is 11.7. The summed E-state index contributed by atoms with van der Waals surface area (Å²) in [5, 5.41) is 11.8. The number of nitrogens with zero attached hydrogens (tertiary/aromatic N) is 2. The van der Waals surface area contributed by atoms with Crippen molar-refractivity contribution < 1.29 is 9.90 Å². The van der Waals surface area contributed by atoms with Crippen molar-refractivity contribution in [2.45, 2.75) is 26.7 Å². The number of aliphatic hydroxyl groups excluding tert-OH is 1. The lowest BCUT2D eigenvalue weighted by atomic mass is 10.2. The Morgan fingerprint density at radius 1 is 1.32 bits per heavy atom. The highest BCUT2D eigenvalue weighted by molar-refractivity contribution is 5.94. The van der Waals surface area contributed by atoms with Gasteiger partial charge >= 0.3 is 0 Å². The highest BCUT2D eigenvalue weighted by atomic mass is 16.3. The first-order valence-corrected chi connectivity index (χ1v) is 6.83. The lowest BCUT2D eigenvalue weighted by Crippen LogP contribution is -2.28. The van der Waals surface area contributed by atoms with E-state index in [9.17, 15) is 4.79 Å². The van der Waals surface area contributed by atoms with Gasteiger partial charge in [0.15, 0.2) is 0 Å². The zero-order valence-electron chi connectivity index (χ0n) is 11.7. The monoisotopic (exact) mass is 265 g/mol. The third-order valence-corrected chi connectivity index (χ3v) is 2.73. The summed E-state index contributed by atoms with van der Waals surface area (Å²) >= 11 is 0. The molecular weight excluding hydrogens is 242 g/mol. The molecule has 5 heteroatoms. The molecule has 0 aliphatic rings. The summed E-state index contributed by atoms with van der Waals surface area (Å²) in [6.07, 6.45) is 3.48. The van der Waals surface area contributed by atoms with Crippen LogP contribution in [0.2, 0.25) is 0 Å². The predicted octanol–water partition coefficient (Wildman–Crippen LogP) is 1.43. The molecule has 0 saturated heterocycles. The largest absolute Gasteiger partial charge is 0.395 e. The maximum Gasteiger partial charge on any atom is 0.252 e. The first-order chi connectivity index (χ1) is 9.22. The number of aromatic nitrogens is 1.